The van der Waals surface area contributed by atoms with E-state index in [0.29, 0.717) is 12.0 Å². The van der Waals surface area contributed by atoms with Crippen LogP contribution in [0.2, 0.25) is 5.02 Å². The van der Waals surface area contributed by atoms with Crippen molar-refractivity contribution in [3.8, 4) is 0 Å². The van der Waals surface area contributed by atoms with E-state index in [1.807, 2.05) is 32.9 Å². The average Bonchev–Trinajstić information content (AvgIpc) is 2.27. The molecule has 1 aliphatic rings. The zero-order valence-electron chi connectivity index (χ0n) is 12.1. The number of carbonyl (C=O) groups excluding carboxylic acids is 1. The van der Waals surface area contributed by atoms with E-state index in [1.165, 1.54) is 5.56 Å². The molecule has 0 aromatic heterocycles. The monoisotopic (exact) mass is 296 g/mol. The molecule has 20 heavy (non-hydrogen) atoms. The number of benzene rings is 1. The highest BCUT2D eigenvalue weighted by Crippen LogP contribution is 2.36. The van der Waals surface area contributed by atoms with Crippen molar-refractivity contribution in [1.82, 2.24) is 10.9 Å². The Morgan fingerprint density at radius 1 is 1.25 bits per heavy atom. The lowest BCUT2D eigenvalue weighted by Gasteiger charge is -2.36. The van der Waals surface area contributed by atoms with Crippen LogP contribution in [0.5, 0.6) is 0 Å². The minimum atomic E-state index is -0.475. The summed E-state index contributed by atoms with van der Waals surface area (Å²) in [5, 5.41) is 0.759. The van der Waals surface area contributed by atoms with Gasteiger partial charge in [0, 0.05) is 11.1 Å². The Bertz CT molecular complexity index is 462. The molecule has 1 aromatic rings. The van der Waals surface area contributed by atoms with Gasteiger partial charge >= 0.3 is 6.09 Å². The van der Waals surface area contributed by atoms with Crippen molar-refractivity contribution in [3.63, 3.8) is 0 Å². The van der Waals surface area contributed by atoms with Gasteiger partial charge in [-0.1, -0.05) is 23.7 Å². The molecule has 1 amide bonds. The van der Waals surface area contributed by atoms with Gasteiger partial charge in [-0.2, -0.15) is 0 Å². The molecule has 0 saturated heterocycles. The average molecular weight is 297 g/mol. The van der Waals surface area contributed by atoms with Crippen molar-refractivity contribution in [2.75, 3.05) is 0 Å². The van der Waals surface area contributed by atoms with Crippen molar-refractivity contribution in [2.45, 2.75) is 51.2 Å². The Balaban J connectivity index is 1.69. The van der Waals surface area contributed by atoms with Gasteiger partial charge in [-0.05, 0) is 57.2 Å². The SMILES string of the molecule is CC(C)(C)OC(=O)NNC1CC(c2ccc(Cl)cc2)C1. The van der Waals surface area contributed by atoms with Crippen LogP contribution in [-0.4, -0.2) is 17.7 Å². The molecule has 1 saturated carbocycles. The van der Waals surface area contributed by atoms with Gasteiger partial charge < -0.3 is 4.74 Å². The minimum Gasteiger partial charge on any atom is -0.443 e. The molecule has 0 heterocycles. The highest BCUT2D eigenvalue weighted by molar-refractivity contribution is 6.30. The third-order valence-corrected chi connectivity index (χ3v) is 3.51. The Morgan fingerprint density at radius 3 is 2.40 bits per heavy atom. The summed E-state index contributed by atoms with van der Waals surface area (Å²) in [6.07, 6.45) is 1.56. The van der Waals surface area contributed by atoms with Crippen molar-refractivity contribution >= 4 is 17.7 Å². The summed E-state index contributed by atoms with van der Waals surface area (Å²) in [6, 6.07) is 8.24. The molecule has 0 bridgehead atoms. The number of rotatable bonds is 3. The van der Waals surface area contributed by atoms with Crippen LogP contribution in [0, 0.1) is 0 Å². The van der Waals surface area contributed by atoms with E-state index < -0.39 is 11.7 Å². The van der Waals surface area contributed by atoms with Crippen molar-refractivity contribution in [2.24, 2.45) is 0 Å². The second-order valence-corrected chi connectivity index (χ2v) is 6.62. The molecule has 1 aliphatic carbocycles. The van der Waals surface area contributed by atoms with Crippen LogP contribution in [0.15, 0.2) is 24.3 Å². The summed E-state index contributed by atoms with van der Waals surface area (Å²) in [5.41, 5.74) is 6.41. The molecule has 1 fully saturated rings. The van der Waals surface area contributed by atoms with E-state index in [9.17, 15) is 4.79 Å². The molecule has 2 rings (SSSR count). The van der Waals surface area contributed by atoms with E-state index in [2.05, 4.69) is 23.0 Å². The number of hydrogen-bond donors (Lipinski definition) is 2. The van der Waals surface area contributed by atoms with Gasteiger partial charge in [0.25, 0.3) is 0 Å². The van der Waals surface area contributed by atoms with Crippen molar-refractivity contribution < 1.29 is 9.53 Å². The standard InChI is InChI=1S/C15H21ClN2O2/c1-15(2,3)20-14(19)18-17-13-8-11(9-13)10-4-6-12(16)7-5-10/h4-7,11,13,17H,8-9H2,1-3H3,(H,18,19). The largest absolute Gasteiger partial charge is 0.443 e. The van der Waals surface area contributed by atoms with E-state index in [0.717, 1.165) is 17.9 Å². The van der Waals surface area contributed by atoms with Crippen LogP contribution in [0.1, 0.15) is 45.1 Å². The van der Waals surface area contributed by atoms with Crippen molar-refractivity contribution in [3.05, 3.63) is 34.9 Å². The number of amides is 1. The van der Waals surface area contributed by atoms with E-state index in [-0.39, 0.29) is 0 Å². The minimum absolute atomic E-state index is 0.295. The van der Waals surface area contributed by atoms with Gasteiger partial charge in [-0.25, -0.2) is 10.2 Å². The smallest absolute Gasteiger partial charge is 0.422 e. The topological polar surface area (TPSA) is 50.4 Å². The summed E-state index contributed by atoms with van der Waals surface area (Å²) in [6.45, 7) is 5.52. The molecule has 2 N–H and O–H groups in total. The molecular formula is C15H21ClN2O2. The zero-order valence-corrected chi connectivity index (χ0v) is 12.8. The third-order valence-electron chi connectivity index (χ3n) is 3.26. The second-order valence-electron chi connectivity index (χ2n) is 6.19. The van der Waals surface area contributed by atoms with Gasteiger partial charge in [0.1, 0.15) is 5.60 Å². The van der Waals surface area contributed by atoms with Crippen LogP contribution < -0.4 is 10.9 Å². The number of ether oxygens (including phenoxy) is 1. The summed E-state index contributed by atoms with van der Waals surface area (Å²) in [7, 11) is 0. The Hall–Kier alpha value is -1.26. The first kappa shape index (κ1) is 15.1. The first-order chi connectivity index (χ1) is 9.33. The number of hydrazine groups is 1. The fraction of sp³-hybridized carbons (Fsp3) is 0.533. The summed E-state index contributed by atoms with van der Waals surface area (Å²) >= 11 is 5.87. The Labute approximate surface area is 124 Å². The van der Waals surface area contributed by atoms with E-state index in [4.69, 9.17) is 16.3 Å². The highest BCUT2D eigenvalue weighted by Gasteiger charge is 2.30. The predicted octanol–water partition coefficient (Wildman–Crippen LogP) is 3.62. The number of nitrogens with one attached hydrogen (secondary N) is 2. The van der Waals surface area contributed by atoms with E-state index in [1.54, 1.807) is 0 Å². The highest BCUT2D eigenvalue weighted by atomic mass is 35.5. The summed E-state index contributed by atoms with van der Waals surface area (Å²) < 4.78 is 5.15. The second kappa shape index (κ2) is 6.02. The molecule has 0 spiro atoms. The predicted molar refractivity (Wildman–Crippen MR) is 79.7 cm³/mol. The van der Waals surface area contributed by atoms with Gasteiger partial charge in [-0.15, -0.1) is 0 Å². The molecule has 1 aromatic carbocycles. The van der Waals surface area contributed by atoms with Crippen molar-refractivity contribution in [1.29, 1.82) is 0 Å². The zero-order chi connectivity index (χ0) is 14.8. The lowest BCUT2D eigenvalue weighted by molar-refractivity contribution is 0.0471. The molecule has 0 unspecified atom stereocenters. The quantitative estimate of drug-likeness (QED) is 0.838. The van der Waals surface area contributed by atoms with Crippen LogP contribution >= 0.6 is 11.6 Å². The van der Waals surface area contributed by atoms with E-state index >= 15 is 0 Å². The third kappa shape index (κ3) is 4.39. The van der Waals surface area contributed by atoms with Crippen LogP contribution in [0.3, 0.4) is 0 Å². The normalized spacial score (nSPS) is 22.0. The van der Waals surface area contributed by atoms with Gasteiger partial charge in [0.2, 0.25) is 0 Å². The number of halogens is 1. The van der Waals surface area contributed by atoms with Crippen LogP contribution in [0.25, 0.3) is 0 Å². The van der Waals surface area contributed by atoms with Gasteiger partial charge in [0.15, 0.2) is 0 Å². The molecular weight excluding hydrogens is 276 g/mol. The maximum atomic E-state index is 11.5. The fourth-order valence-electron chi connectivity index (χ4n) is 2.21. The molecule has 0 aliphatic heterocycles. The molecule has 110 valence electrons. The first-order valence-corrected chi connectivity index (χ1v) is 7.21. The van der Waals surface area contributed by atoms with Crippen LogP contribution in [-0.2, 0) is 4.74 Å². The molecule has 0 atom stereocenters. The summed E-state index contributed by atoms with van der Waals surface area (Å²) in [4.78, 5) is 11.5. The lowest BCUT2D eigenvalue weighted by atomic mass is 9.76. The number of hydrogen-bond acceptors (Lipinski definition) is 3. The maximum absolute atomic E-state index is 11.5. The first-order valence-electron chi connectivity index (χ1n) is 6.83. The van der Waals surface area contributed by atoms with Gasteiger partial charge in [0.05, 0.1) is 0 Å². The lowest BCUT2D eigenvalue weighted by Crippen LogP contribution is -2.50. The number of carbonyl (C=O) groups is 1. The summed E-state index contributed by atoms with van der Waals surface area (Å²) in [5.74, 6) is 0.533. The molecule has 0 radical (unpaired) electrons. The maximum Gasteiger partial charge on any atom is 0.422 e. The Morgan fingerprint density at radius 2 is 1.85 bits per heavy atom. The molecule has 5 heteroatoms. The Kier molecular flexibility index (Phi) is 4.55. The fourth-order valence-corrected chi connectivity index (χ4v) is 2.33. The van der Waals surface area contributed by atoms with Crippen LogP contribution in [0.4, 0.5) is 4.79 Å². The molecule has 4 nitrogen and oxygen atoms in total. The van der Waals surface area contributed by atoms with Gasteiger partial charge in [-0.3, -0.25) is 5.43 Å².